The van der Waals surface area contributed by atoms with Crippen LogP contribution in [0.1, 0.15) is 30.7 Å². The number of benzene rings is 2. The number of carbonyl (C=O) groups is 1. The van der Waals surface area contributed by atoms with E-state index < -0.39 is 11.0 Å². The van der Waals surface area contributed by atoms with Crippen molar-refractivity contribution in [2.45, 2.75) is 31.3 Å². The summed E-state index contributed by atoms with van der Waals surface area (Å²) in [5.41, 5.74) is 1.93. The second-order valence-corrected chi connectivity index (χ2v) is 9.08. The largest absolute Gasteiger partial charge is 0.487 e. The lowest BCUT2D eigenvalue weighted by molar-refractivity contribution is -0.126. The van der Waals surface area contributed by atoms with Crippen LogP contribution in [0.3, 0.4) is 0 Å². The standard InChI is InChI=1S/C26H24N2O4/c1-25(2)23(13-16-7-5-6-10-27-16)26(17-8-3-4-9-19(17)28-24(26)29)18-14-21-22(15-20(18)32-25)31-12-11-30-21/h3-10,14-15,23H,11-13H2,1-2H3,(H,28,29). The summed E-state index contributed by atoms with van der Waals surface area (Å²) in [6, 6.07) is 17.6. The van der Waals surface area contributed by atoms with Crippen LogP contribution in [0.5, 0.6) is 17.2 Å². The molecule has 1 spiro atoms. The van der Waals surface area contributed by atoms with E-state index in [2.05, 4.69) is 24.1 Å². The maximum absolute atomic E-state index is 14.0. The third-order valence-corrected chi connectivity index (χ3v) is 6.90. The topological polar surface area (TPSA) is 69.7 Å². The van der Waals surface area contributed by atoms with Crippen LogP contribution in [-0.2, 0) is 16.6 Å². The van der Waals surface area contributed by atoms with Gasteiger partial charge in [-0.15, -0.1) is 0 Å². The molecule has 4 heterocycles. The average Bonchev–Trinajstić information content (AvgIpc) is 3.08. The smallest absolute Gasteiger partial charge is 0.240 e. The number of hydrogen-bond acceptors (Lipinski definition) is 5. The predicted octanol–water partition coefficient (Wildman–Crippen LogP) is 4.12. The zero-order valence-corrected chi connectivity index (χ0v) is 18.1. The first-order valence-corrected chi connectivity index (χ1v) is 10.9. The van der Waals surface area contributed by atoms with Crippen LogP contribution in [0.15, 0.2) is 60.8 Å². The minimum absolute atomic E-state index is 0.0473. The summed E-state index contributed by atoms with van der Waals surface area (Å²) in [5.74, 6) is 1.70. The molecule has 0 radical (unpaired) electrons. The third kappa shape index (κ3) is 2.58. The van der Waals surface area contributed by atoms with Crippen LogP contribution in [0.2, 0.25) is 0 Å². The zero-order chi connectivity index (χ0) is 21.9. The number of nitrogens with zero attached hydrogens (tertiary/aromatic N) is 1. The van der Waals surface area contributed by atoms with Crippen molar-refractivity contribution in [3.05, 3.63) is 77.6 Å². The van der Waals surface area contributed by atoms with E-state index in [1.54, 1.807) is 6.20 Å². The Morgan fingerprint density at radius 3 is 2.50 bits per heavy atom. The molecular weight excluding hydrogens is 404 g/mol. The van der Waals surface area contributed by atoms with Crippen LogP contribution in [0.4, 0.5) is 5.69 Å². The predicted molar refractivity (Wildman–Crippen MR) is 119 cm³/mol. The molecule has 1 aromatic heterocycles. The fourth-order valence-electron chi connectivity index (χ4n) is 5.55. The van der Waals surface area contributed by atoms with Crippen molar-refractivity contribution in [2.24, 2.45) is 5.92 Å². The molecule has 3 aromatic rings. The van der Waals surface area contributed by atoms with Gasteiger partial charge in [0, 0.05) is 35.1 Å². The lowest BCUT2D eigenvalue weighted by Gasteiger charge is -2.50. The lowest BCUT2D eigenvalue weighted by Crippen LogP contribution is -2.58. The average molecular weight is 428 g/mol. The summed E-state index contributed by atoms with van der Waals surface area (Å²) in [4.78, 5) is 18.5. The molecule has 6 heteroatoms. The normalized spacial score (nSPS) is 24.3. The van der Waals surface area contributed by atoms with Crippen LogP contribution >= 0.6 is 0 Å². The summed E-state index contributed by atoms with van der Waals surface area (Å²) >= 11 is 0. The van der Waals surface area contributed by atoms with Crippen molar-refractivity contribution in [3.8, 4) is 17.2 Å². The Hall–Kier alpha value is -3.54. The second-order valence-electron chi connectivity index (χ2n) is 9.08. The molecule has 2 aromatic carbocycles. The van der Waals surface area contributed by atoms with Crippen molar-refractivity contribution in [2.75, 3.05) is 18.5 Å². The number of fused-ring (bicyclic) bond motifs is 5. The lowest BCUT2D eigenvalue weighted by atomic mass is 9.58. The number of amides is 1. The Labute approximate surface area is 186 Å². The first-order valence-electron chi connectivity index (χ1n) is 10.9. The van der Waals surface area contributed by atoms with Gasteiger partial charge in [-0.25, -0.2) is 0 Å². The molecule has 0 bridgehead atoms. The fourth-order valence-corrected chi connectivity index (χ4v) is 5.55. The van der Waals surface area contributed by atoms with E-state index in [1.807, 2.05) is 54.6 Å². The molecule has 2 atom stereocenters. The first-order chi connectivity index (χ1) is 15.5. The highest BCUT2D eigenvalue weighted by atomic mass is 16.6. The highest BCUT2D eigenvalue weighted by Gasteiger charge is 2.62. The molecule has 6 rings (SSSR count). The van der Waals surface area contributed by atoms with Crippen molar-refractivity contribution in [1.82, 2.24) is 4.98 Å². The number of anilines is 1. The number of nitrogens with one attached hydrogen (secondary N) is 1. The van der Waals surface area contributed by atoms with E-state index >= 15 is 0 Å². The Morgan fingerprint density at radius 1 is 0.969 bits per heavy atom. The highest BCUT2D eigenvalue weighted by Crippen LogP contribution is 2.59. The molecule has 0 saturated heterocycles. The van der Waals surface area contributed by atoms with Crippen LogP contribution in [0.25, 0.3) is 0 Å². The van der Waals surface area contributed by atoms with Gasteiger partial charge in [0.1, 0.15) is 30.0 Å². The number of ether oxygens (including phenoxy) is 3. The van der Waals surface area contributed by atoms with E-state index in [9.17, 15) is 4.79 Å². The quantitative estimate of drug-likeness (QED) is 0.665. The molecule has 162 valence electrons. The van der Waals surface area contributed by atoms with Crippen LogP contribution in [-0.4, -0.2) is 29.7 Å². The van der Waals surface area contributed by atoms with Gasteiger partial charge in [0.15, 0.2) is 11.5 Å². The van der Waals surface area contributed by atoms with Gasteiger partial charge in [0.2, 0.25) is 5.91 Å². The summed E-state index contributed by atoms with van der Waals surface area (Å²) in [6.45, 7) is 5.07. The fraction of sp³-hybridized carbons (Fsp3) is 0.308. The molecule has 0 fully saturated rings. The number of para-hydroxylation sites is 1. The van der Waals surface area contributed by atoms with Gasteiger partial charge in [-0.1, -0.05) is 24.3 Å². The molecule has 32 heavy (non-hydrogen) atoms. The Bertz CT molecular complexity index is 1220. The highest BCUT2D eigenvalue weighted by molar-refractivity contribution is 6.10. The third-order valence-electron chi connectivity index (χ3n) is 6.90. The summed E-state index contributed by atoms with van der Waals surface area (Å²) in [7, 11) is 0. The van der Waals surface area contributed by atoms with Gasteiger partial charge in [0.05, 0.1) is 0 Å². The number of hydrogen-bond donors (Lipinski definition) is 1. The van der Waals surface area contributed by atoms with Gasteiger partial charge < -0.3 is 19.5 Å². The monoisotopic (exact) mass is 428 g/mol. The molecule has 6 nitrogen and oxygen atoms in total. The molecule has 3 aliphatic heterocycles. The minimum Gasteiger partial charge on any atom is -0.487 e. The van der Waals surface area contributed by atoms with Gasteiger partial charge >= 0.3 is 0 Å². The number of pyridine rings is 1. The first kappa shape index (κ1) is 19.2. The number of carbonyl (C=O) groups excluding carboxylic acids is 1. The molecule has 0 saturated carbocycles. The minimum atomic E-state index is -0.943. The summed E-state index contributed by atoms with van der Waals surface area (Å²) in [5, 5.41) is 3.15. The molecule has 2 unspecified atom stereocenters. The van der Waals surface area contributed by atoms with Crippen molar-refractivity contribution in [1.29, 1.82) is 0 Å². The van der Waals surface area contributed by atoms with Gasteiger partial charge in [-0.3, -0.25) is 9.78 Å². The van der Waals surface area contributed by atoms with Crippen molar-refractivity contribution < 1.29 is 19.0 Å². The number of rotatable bonds is 2. The van der Waals surface area contributed by atoms with E-state index in [0.717, 1.165) is 22.5 Å². The second kappa shape index (κ2) is 6.73. The maximum Gasteiger partial charge on any atom is 0.240 e. The van der Waals surface area contributed by atoms with Crippen LogP contribution in [0, 0.1) is 5.92 Å². The SMILES string of the molecule is CC1(C)Oc2cc3c(cc2C2(C(=O)Nc4ccccc42)C1Cc1ccccn1)OCCO3. The molecule has 1 N–H and O–H groups in total. The Kier molecular flexibility index (Phi) is 4.03. The van der Waals surface area contributed by atoms with E-state index in [4.69, 9.17) is 14.2 Å². The summed E-state index contributed by atoms with van der Waals surface area (Å²) in [6.07, 6.45) is 2.38. The number of aromatic nitrogens is 1. The van der Waals surface area contributed by atoms with E-state index in [1.165, 1.54) is 0 Å². The van der Waals surface area contributed by atoms with Crippen molar-refractivity contribution >= 4 is 11.6 Å². The summed E-state index contributed by atoms with van der Waals surface area (Å²) < 4.78 is 18.3. The van der Waals surface area contributed by atoms with Gasteiger partial charge in [-0.05, 0) is 50.1 Å². The van der Waals surface area contributed by atoms with Gasteiger partial charge in [-0.2, -0.15) is 0 Å². The van der Waals surface area contributed by atoms with E-state index in [-0.39, 0.29) is 11.8 Å². The molecule has 3 aliphatic rings. The van der Waals surface area contributed by atoms with E-state index in [0.29, 0.717) is 36.9 Å². The Balaban J connectivity index is 1.64. The molecule has 1 amide bonds. The Morgan fingerprint density at radius 2 is 1.72 bits per heavy atom. The maximum atomic E-state index is 14.0. The van der Waals surface area contributed by atoms with Crippen LogP contribution < -0.4 is 19.5 Å². The van der Waals surface area contributed by atoms with Crippen molar-refractivity contribution in [3.63, 3.8) is 0 Å². The molecule has 0 aliphatic carbocycles. The van der Waals surface area contributed by atoms with Gasteiger partial charge in [0.25, 0.3) is 0 Å². The zero-order valence-electron chi connectivity index (χ0n) is 18.1. The molecular formula is C26H24N2O4.